The summed E-state index contributed by atoms with van der Waals surface area (Å²) in [5.74, 6) is -0.230. The molecule has 1 aliphatic heterocycles. The Bertz CT molecular complexity index is 858. The fraction of sp³-hybridized carbons (Fsp3) is 0.757. The predicted molar refractivity (Wildman–Crippen MR) is 184 cm³/mol. The van der Waals surface area contributed by atoms with Crippen LogP contribution in [-0.2, 0) is 14.3 Å². The first kappa shape index (κ1) is 42.2. The molecular weight excluding hydrogens is 586 g/mol. The van der Waals surface area contributed by atoms with Gasteiger partial charge < -0.3 is 40.3 Å². The van der Waals surface area contributed by atoms with Gasteiger partial charge in [0.1, 0.15) is 24.4 Å². The van der Waals surface area contributed by atoms with Crippen LogP contribution in [0.2, 0.25) is 0 Å². The van der Waals surface area contributed by atoms with Crippen molar-refractivity contribution in [3.8, 4) is 0 Å². The van der Waals surface area contributed by atoms with Crippen LogP contribution in [0.3, 0.4) is 0 Å². The molecule has 0 aromatic heterocycles. The van der Waals surface area contributed by atoms with Crippen LogP contribution in [0.5, 0.6) is 0 Å². The smallest absolute Gasteiger partial charge is 0.220 e. The molecule has 7 atom stereocenters. The quantitative estimate of drug-likeness (QED) is 0.0501. The Morgan fingerprint density at radius 2 is 1.30 bits per heavy atom. The summed E-state index contributed by atoms with van der Waals surface area (Å²) >= 11 is 0. The third kappa shape index (κ3) is 19.7. The lowest BCUT2D eigenvalue weighted by atomic mass is 9.99. The molecule has 266 valence electrons. The summed E-state index contributed by atoms with van der Waals surface area (Å²) < 4.78 is 11.1. The average molecular weight is 652 g/mol. The van der Waals surface area contributed by atoms with Crippen LogP contribution in [0, 0.1) is 0 Å². The molecule has 1 fully saturated rings. The van der Waals surface area contributed by atoms with Crippen LogP contribution in [0.4, 0.5) is 0 Å². The number of unbranched alkanes of at least 4 members (excludes halogenated alkanes) is 9. The Morgan fingerprint density at radius 3 is 1.87 bits per heavy atom. The number of rotatable bonds is 27. The van der Waals surface area contributed by atoms with Gasteiger partial charge in [0.25, 0.3) is 0 Å². The van der Waals surface area contributed by atoms with E-state index in [1.807, 2.05) is 12.2 Å². The third-order valence-electron chi connectivity index (χ3n) is 8.21. The van der Waals surface area contributed by atoms with Crippen molar-refractivity contribution in [3.63, 3.8) is 0 Å². The highest BCUT2D eigenvalue weighted by molar-refractivity contribution is 5.76. The fourth-order valence-corrected chi connectivity index (χ4v) is 5.29. The summed E-state index contributed by atoms with van der Waals surface area (Å²) in [4.78, 5) is 12.8. The molecular formula is C37H65NO8. The zero-order chi connectivity index (χ0) is 33.8. The van der Waals surface area contributed by atoms with Gasteiger partial charge >= 0.3 is 0 Å². The summed E-state index contributed by atoms with van der Waals surface area (Å²) in [6.45, 7) is 3.61. The van der Waals surface area contributed by atoms with Gasteiger partial charge in [-0.15, -0.1) is 0 Å². The molecule has 9 heteroatoms. The first-order chi connectivity index (χ1) is 22.3. The number of hydrogen-bond acceptors (Lipinski definition) is 8. The summed E-state index contributed by atoms with van der Waals surface area (Å²) in [6.07, 6.45) is 25.7. The molecule has 9 nitrogen and oxygen atoms in total. The van der Waals surface area contributed by atoms with Crippen LogP contribution in [-0.4, -0.2) is 87.5 Å². The summed E-state index contributed by atoms with van der Waals surface area (Å²) in [5, 5.41) is 53.8. The van der Waals surface area contributed by atoms with E-state index in [0.29, 0.717) is 12.8 Å². The van der Waals surface area contributed by atoms with Crippen molar-refractivity contribution in [1.82, 2.24) is 5.32 Å². The van der Waals surface area contributed by atoms with Crippen molar-refractivity contribution in [2.75, 3.05) is 13.2 Å². The van der Waals surface area contributed by atoms with E-state index in [2.05, 4.69) is 55.6 Å². The molecule has 1 saturated heterocycles. The van der Waals surface area contributed by atoms with E-state index in [1.165, 1.54) is 44.9 Å². The Hall–Kier alpha value is -1.85. The lowest BCUT2D eigenvalue weighted by Crippen LogP contribution is -2.60. The van der Waals surface area contributed by atoms with Crippen LogP contribution < -0.4 is 5.32 Å². The van der Waals surface area contributed by atoms with Gasteiger partial charge in [-0.1, -0.05) is 127 Å². The van der Waals surface area contributed by atoms with Crippen LogP contribution in [0.25, 0.3) is 0 Å². The number of hydrogen-bond donors (Lipinski definition) is 6. The minimum atomic E-state index is -1.56. The minimum absolute atomic E-state index is 0.169. The van der Waals surface area contributed by atoms with Crippen LogP contribution >= 0.6 is 0 Å². The third-order valence-corrected chi connectivity index (χ3v) is 8.21. The van der Waals surface area contributed by atoms with E-state index in [4.69, 9.17) is 9.47 Å². The second-order valence-electron chi connectivity index (χ2n) is 12.3. The topological polar surface area (TPSA) is 149 Å². The number of aliphatic hydroxyl groups is 5. The lowest BCUT2D eigenvalue weighted by molar-refractivity contribution is -0.302. The standard InChI is InChI=1S/C37H65NO8/c1-3-5-7-9-11-13-15-16-17-19-21-23-25-27-33(41)38-30(29-45-37-36(44)35(43)34(42)32(28-39)46-37)31(40)26-24-22-20-18-14-12-10-8-6-4-2/h5,7,11,13,16-17,21,23,30-32,34-37,39-40,42-44H,3-4,6,8-10,12,14-15,18-20,22,24-29H2,1-2H3,(H,38,41)/b7-5-,13-11-,17-16-,23-21-. The van der Waals surface area contributed by atoms with Gasteiger partial charge in [-0.3, -0.25) is 4.79 Å². The molecule has 46 heavy (non-hydrogen) atoms. The number of carbonyl (C=O) groups excluding carboxylic acids is 1. The van der Waals surface area contributed by atoms with Crippen molar-refractivity contribution >= 4 is 5.91 Å². The maximum Gasteiger partial charge on any atom is 0.220 e. The Kier molecular flexibility index (Phi) is 25.8. The Labute approximate surface area is 278 Å². The molecule has 0 saturated carbocycles. The van der Waals surface area contributed by atoms with Gasteiger partial charge in [-0.05, 0) is 38.5 Å². The number of aliphatic hydroxyl groups excluding tert-OH is 5. The van der Waals surface area contributed by atoms with E-state index in [-0.39, 0.29) is 18.9 Å². The van der Waals surface area contributed by atoms with Crippen LogP contribution in [0.15, 0.2) is 48.6 Å². The van der Waals surface area contributed by atoms with Crippen molar-refractivity contribution in [3.05, 3.63) is 48.6 Å². The van der Waals surface area contributed by atoms with Crippen molar-refractivity contribution in [2.24, 2.45) is 0 Å². The van der Waals surface area contributed by atoms with Gasteiger partial charge in [-0.2, -0.15) is 0 Å². The number of ether oxygens (including phenoxy) is 2. The zero-order valence-electron chi connectivity index (χ0n) is 28.6. The second kappa shape index (κ2) is 28.2. The SMILES string of the molecule is CC/C=C\C/C=C\C/C=C\C/C=C\CCC(=O)NC(COC1OC(CO)C(O)C(O)C1O)C(O)CCCCCCCCCCCC. The van der Waals surface area contributed by atoms with E-state index >= 15 is 0 Å². The normalized spacial score (nSPS) is 23.7. The van der Waals surface area contributed by atoms with E-state index in [1.54, 1.807) is 0 Å². The zero-order valence-corrected chi connectivity index (χ0v) is 28.6. The Morgan fingerprint density at radius 1 is 0.761 bits per heavy atom. The van der Waals surface area contributed by atoms with E-state index < -0.39 is 49.5 Å². The van der Waals surface area contributed by atoms with Gasteiger partial charge in [0.2, 0.25) is 5.91 Å². The lowest BCUT2D eigenvalue weighted by Gasteiger charge is -2.40. The molecule has 1 aliphatic rings. The highest BCUT2D eigenvalue weighted by Gasteiger charge is 2.44. The highest BCUT2D eigenvalue weighted by Crippen LogP contribution is 2.22. The van der Waals surface area contributed by atoms with Crippen molar-refractivity contribution in [1.29, 1.82) is 0 Å². The molecule has 7 unspecified atom stereocenters. The summed E-state index contributed by atoms with van der Waals surface area (Å²) in [6, 6.07) is -0.754. The monoisotopic (exact) mass is 651 g/mol. The van der Waals surface area contributed by atoms with Gasteiger partial charge in [0.05, 0.1) is 25.4 Å². The molecule has 1 rings (SSSR count). The van der Waals surface area contributed by atoms with Crippen molar-refractivity contribution in [2.45, 2.75) is 166 Å². The molecule has 0 radical (unpaired) electrons. The number of amides is 1. The molecule has 0 aromatic rings. The maximum atomic E-state index is 12.8. The molecule has 6 N–H and O–H groups in total. The van der Waals surface area contributed by atoms with Gasteiger partial charge in [0.15, 0.2) is 6.29 Å². The first-order valence-electron chi connectivity index (χ1n) is 17.8. The van der Waals surface area contributed by atoms with Gasteiger partial charge in [-0.25, -0.2) is 0 Å². The minimum Gasteiger partial charge on any atom is -0.394 e. The Balaban J connectivity index is 2.53. The fourth-order valence-electron chi connectivity index (χ4n) is 5.29. The summed E-state index contributed by atoms with van der Waals surface area (Å²) in [5.41, 5.74) is 0. The van der Waals surface area contributed by atoms with Crippen LogP contribution in [0.1, 0.15) is 123 Å². The average Bonchev–Trinajstić information content (AvgIpc) is 3.05. The van der Waals surface area contributed by atoms with E-state index in [9.17, 15) is 30.3 Å². The number of carbonyl (C=O) groups is 1. The molecule has 1 amide bonds. The number of nitrogens with one attached hydrogen (secondary N) is 1. The number of allylic oxidation sites excluding steroid dienone is 8. The molecule has 0 spiro atoms. The molecule has 0 aliphatic carbocycles. The van der Waals surface area contributed by atoms with Crippen molar-refractivity contribution < 1.29 is 39.8 Å². The largest absolute Gasteiger partial charge is 0.394 e. The predicted octanol–water partition coefficient (Wildman–Crippen LogP) is 5.54. The van der Waals surface area contributed by atoms with E-state index in [0.717, 1.165) is 44.9 Å². The molecule has 1 heterocycles. The molecule has 0 bridgehead atoms. The maximum absolute atomic E-state index is 12.8. The van der Waals surface area contributed by atoms with Gasteiger partial charge in [0, 0.05) is 6.42 Å². The second-order valence-corrected chi connectivity index (χ2v) is 12.3. The first-order valence-corrected chi connectivity index (χ1v) is 17.8. The molecule has 0 aromatic carbocycles. The summed E-state index contributed by atoms with van der Waals surface area (Å²) in [7, 11) is 0. The highest BCUT2D eigenvalue weighted by atomic mass is 16.7.